The molecule has 0 saturated heterocycles. The molecule has 3 amide bonds. The van der Waals surface area contributed by atoms with Crippen LogP contribution in [0.25, 0.3) is 0 Å². The van der Waals surface area contributed by atoms with Gasteiger partial charge in [0.25, 0.3) is 5.91 Å². The van der Waals surface area contributed by atoms with E-state index in [1.807, 2.05) is 5.32 Å². The molecule has 0 radical (unpaired) electrons. The normalized spacial score (nSPS) is 12.4. The maximum Gasteiger partial charge on any atom is 0.340 e. The number of amides is 3. The SMILES string of the molecule is CCN(CC)S(=O)(=O)c1ccc(Cl)c(C(=O)O[C@H](C)C(=O)NC(=O)NC)c1. The Balaban J connectivity index is 3.08. The number of rotatable bonds is 7. The number of carbonyl (C=O) groups excluding carboxylic acids is 3. The van der Waals surface area contributed by atoms with Crippen molar-refractivity contribution in [3.63, 3.8) is 0 Å². The van der Waals surface area contributed by atoms with Gasteiger partial charge in [-0.1, -0.05) is 25.4 Å². The number of benzene rings is 1. The van der Waals surface area contributed by atoms with Gasteiger partial charge in [0.2, 0.25) is 10.0 Å². The highest BCUT2D eigenvalue weighted by Crippen LogP contribution is 2.24. The summed E-state index contributed by atoms with van der Waals surface area (Å²) < 4.78 is 31.4. The van der Waals surface area contributed by atoms with Gasteiger partial charge in [0.05, 0.1) is 15.5 Å². The molecule has 0 aliphatic heterocycles. The summed E-state index contributed by atoms with van der Waals surface area (Å²) in [7, 11) is -2.48. The molecule has 1 rings (SSSR count). The number of carbonyl (C=O) groups is 3. The zero-order chi connectivity index (χ0) is 20.8. The molecule has 0 aromatic heterocycles. The van der Waals surface area contributed by atoms with E-state index in [1.165, 1.54) is 30.4 Å². The van der Waals surface area contributed by atoms with Crippen molar-refractivity contribution in [1.29, 1.82) is 0 Å². The van der Waals surface area contributed by atoms with Gasteiger partial charge in [-0.25, -0.2) is 18.0 Å². The van der Waals surface area contributed by atoms with Gasteiger partial charge in [0, 0.05) is 20.1 Å². The van der Waals surface area contributed by atoms with E-state index in [0.29, 0.717) is 0 Å². The fraction of sp³-hybridized carbons (Fsp3) is 0.438. The van der Waals surface area contributed by atoms with Crippen molar-refractivity contribution in [3.05, 3.63) is 28.8 Å². The van der Waals surface area contributed by atoms with Crippen molar-refractivity contribution in [2.24, 2.45) is 0 Å². The third kappa shape index (κ3) is 5.65. The monoisotopic (exact) mass is 419 g/mol. The zero-order valence-corrected chi connectivity index (χ0v) is 17.0. The molecule has 0 unspecified atom stereocenters. The van der Waals surface area contributed by atoms with E-state index in [2.05, 4.69) is 5.32 Å². The fourth-order valence-corrected chi connectivity index (χ4v) is 3.77. The Labute approximate surface area is 163 Å². The quantitative estimate of drug-likeness (QED) is 0.643. The zero-order valence-electron chi connectivity index (χ0n) is 15.4. The van der Waals surface area contributed by atoms with Gasteiger partial charge in [0.1, 0.15) is 0 Å². The minimum atomic E-state index is -3.80. The van der Waals surface area contributed by atoms with Crippen LogP contribution in [0.15, 0.2) is 23.1 Å². The molecule has 0 heterocycles. The molecule has 1 aromatic rings. The molecule has 0 fully saturated rings. The molecule has 0 bridgehead atoms. The largest absolute Gasteiger partial charge is 0.449 e. The molecule has 9 nitrogen and oxygen atoms in total. The average Bonchev–Trinajstić information content (AvgIpc) is 2.62. The third-order valence-electron chi connectivity index (χ3n) is 3.62. The lowest BCUT2D eigenvalue weighted by molar-refractivity contribution is -0.127. The molecule has 0 aliphatic rings. The minimum Gasteiger partial charge on any atom is -0.449 e. The van der Waals surface area contributed by atoms with E-state index in [1.54, 1.807) is 13.8 Å². The number of hydrogen-bond acceptors (Lipinski definition) is 6. The van der Waals surface area contributed by atoms with Crippen LogP contribution in [0.2, 0.25) is 5.02 Å². The molecular weight excluding hydrogens is 398 g/mol. The summed E-state index contributed by atoms with van der Waals surface area (Å²) in [6.07, 6.45) is -1.30. The van der Waals surface area contributed by atoms with Gasteiger partial charge in [-0.3, -0.25) is 10.1 Å². The first kappa shape index (κ1) is 22.9. The maximum atomic E-state index is 12.6. The second-order valence-corrected chi connectivity index (χ2v) is 7.69. The number of urea groups is 1. The summed E-state index contributed by atoms with van der Waals surface area (Å²) in [6.45, 7) is 5.17. The van der Waals surface area contributed by atoms with Gasteiger partial charge < -0.3 is 10.1 Å². The predicted octanol–water partition coefficient (Wildman–Crippen LogP) is 1.37. The Morgan fingerprint density at radius 1 is 1.22 bits per heavy atom. The van der Waals surface area contributed by atoms with Gasteiger partial charge in [0.15, 0.2) is 6.10 Å². The van der Waals surface area contributed by atoms with Crippen LogP contribution in [0.5, 0.6) is 0 Å². The number of imide groups is 1. The van der Waals surface area contributed by atoms with E-state index in [4.69, 9.17) is 16.3 Å². The van der Waals surface area contributed by atoms with E-state index < -0.39 is 34.0 Å². The van der Waals surface area contributed by atoms with Gasteiger partial charge in [-0.2, -0.15) is 4.31 Å². The van der Waals surface area contributed by atoms with Crippen LogP contribution in [-0.4, -0.2) is 56.9 Å². The number of nitrogens with one attached hydrogen (secondary N) is 2. The number of esters is 1. The predicted molar refractivity (Wildman–Crippen MR) is 99.0 cm³/mol. The van der Waals surface area contributed by atoms with Gasteiger partial charge >= 0.3 is 12.0 Å². The smallest absolute Gasteiger partial charge is 0.340 e. The molecule has 150 valence electrons. The van der Waals surface area contributed by atoms with Crippen LogP contribution < -0.4 is 10.6 Å². The Kier molecular flexibility index (Phi) is 8.20. The van der Waals surface area contributed by atoms with Crippen molar-refractivity contribution in [1.82, 2.24) is 14.9 Å². The lowest BCUT2D eigenvalue weighted by Crippen LogP contribution is -2.43. The van der Waals surface area contributed by atoms with E-state index in [0.717, 1.165) is 6.07 Å². The standard InChI is InChI=1S/C16H22ClN3O6S/c1-5-20(6-2)27(24,25)11-7-8-13(17)12(9-11)15(22)26-10(3)14(21)19-16(23)18-4/h7-10H,5-6H2,1-4H3,(H2,18,19,21,23)/t10-/m1/s1. The summed E-state index contributed by atoms with van der Waals surface area (Å²) in [5, 5.41) is 4.12. The van der Waals surface area contributed by atoms with Crippen molar-refractivity contribution in [3.8, 4) is 0 Å². The highest BCUT2D eigenvalue weighted by molar-refractivity contribution is 7.89. The lowest BCUT2D eigenvalue weighted by atomic mass is 10.2. The van der Waals surface area contributed by atoms with Crippen molar-refractivity contribution >= 4 is 39.5 Å². The van der Waals surface area contributed by atoms with Crippen LogP contribution in [0.4, 0.5) is 4.79 Å². The van der Waals surface area contributed by atoms with E-state index in [-0.39, 0.29) is 28.6 Å². The Morgan fingerprint density at radius 3 is 2.33 bits per heavy atom. The third-order valence-corrected chi connectivity index (χ3v) is 5.99. The summed E-state index contributed by atoms with van der Waals surface area (Å²) in [5.41, 5.74) is -0.204. The Morgan fingerprint density at radius 2 is 1.81 bits per heavy atom. The van der Waals surface area contributed by atoms with Crippen LogP contribution >= 0.6 is 11.6 Å². The highest BCUT2D eigenvalue weighted by atomic mass is 35.5. The van der Waals surface area contributed by atoms with Gasteiger partial charge in [-0.05, 0) is 25.1 Å². The molecule has 27 heavy (non-hydrogen) atoms. The second-order valence-electron chi connectivity index (χ2n) is 5.35. The van der Waals surface area contributed by atoms with E-state index in [9.17, 15) is 22.8 Å². The molecule has 2 N–H and O–H groups in total. The topological polar surface area (TPSA) is 122 Å². The molecular formula is C16H22ClN3O6S. The van der Waals surface area contributed by atoms with Crippen LogP contribution in [-0.2, 0) is 19.6 Å². The Hall–Kier alpha value is -2.17. The number of nitrogens with zero attached hydrogens (tertiary/aromatic N) is 1. The molecule has 11 heteroatoms. The first-order chi connectivity index (χ1) is 12.6. The molecule has 0 spiro atoms. The van der Waals surface area contributed by atoms with Crippen LogP contribution in [0.1, 0.15) is 31.1 Å². The average molecular weight is 420 g/mol. The summed E-state index contributed by atoms with van der Waals surface area (Å²) in [4.78, 5) is 35.1. The number of sulfonamides is 1. The van der Waals surface area contributed by atoms with Crippen molar-refractivity contribution in [2.75, 3.05) is 20.1 Å². The van der Waals surface area contributed by atoms with Crippen LogP contribution in [0.3, 0.4) is 0 Å². The molecule has 0 aliphatic carbocycles. The Bertz CT molecular complexity index is 823. The van der Waals surface area contributed by atoms with Crippen LogP contribution in [0, 0.1) is 0 Å². The number of hydrogen-bond donors (Lipinski definition) is 2. The summed E-state index contributed by atoms with van der Waals surface area (Å²) in [6, 6.07) is 2.90. The van der Waals surface area contributed by atoms with Crippen molar-refractivity contribution in [2.45, 2.75) is 31.8 Å². The second kappa shape index (κ2) is 9.67. The molecule has 0 saturated carbocycles. The van der Waals surface area contributed by atoms with E-state index >= 15 is 0 Å². The summed E-state index contributed by atoms with van der Waals surface area (Å²) in [5.74, 6) is -1.83. The highest BCUT2D eigenvalue weighted by Gasteiger charge is 2.26. The molecule has 1 atom stereocenters. The number of ether oxygens (including phenoxy) is 1. The lowest BCUT2D eigenvalue weighted by Gasteiger charge is -2.19. The minimum absolute atomic E-state index is 0.0302. The summed E-state index contributed by atoms with van der Waals surface area (Å²) >= 11 is 5.98. The van der Waals surface area contributed by atoms with Crippen molar-refractivity contribution < 1.29 is 27.5 Å². The number of halogens is 1. The first-order valence-electron chi connectivity index (χ1n) is 8.11. The molecule has 1 aromatic carbocycles. The van der Waals surface area contributed by atoms with Gasteiger partial charge in [-0.15, -0.1) is 0 Å². The maximum absolute atomic E-state index is 12.6. The fourth-order valence-electron chi connectivity index (χ4n) is 2.09. The first-order valence-corrected chi connectivity index (χ1v) is 9.93.